The summed E-state index contributed by atoms with van der Waals surface area (Å²) in [5.41, 5.74) is 13.0. The minimum Gasteiger partial charge on any atom is -0.383 e. The summed E-state index contributed by atoms with van der Waals surface area (Å²) in [7, 11) is 2.19. The first-order chi connectivity index (χ1) is 17.7. The van der Waals surface area contributed by atoms with E-state index in [9.17, 15) is 0 Å². The van der Waals surface area contributed by atoms with E-state index >= 15 is 0 Å². The van der Waals surface area contributed by atoms with E-state index < -0.39 is 0 Å². The van der Waals surface area contributed by atoms with Crippen molar-refractivity contribution in [3.63, 3.8) is 0 Å². The van der Waals surface area contributed by atoms with Crippen molar-refractivity contribution in [2.75, 3.05) is 39.0 Å². The van der Waals surface area contributed by atoms with Gasteiger partial charge in [-0.1, -0.05) is 42.5 Å². The number of nitrogen functional groups attached to an aromatic ring is 1. The summed E-state index contributed by atoms with van der Waals surface area (Å²) in [6.45, 7) is 5.38. The average Bonchev–Trinajstić information content (AvgIpc) is 3.30. The van der Waals surface area contributed by atoms with Crippen molar-refractivity contribution in [3.8, 4) is 28.3 Å². The minimum atomic E-state index is 0.448. The van der Waals surface area contributed by atoms with Gasteiger partial charge < -0.3 is 10.6 Å². The third-order valence-corrected chi connectivity index (χ3v) is 6.85. The number of nitrogens with zero attached hydrogens (tertiary/aromatic N) is 6. The molecule has 0 atom stereocenters. The van der Waals surface area contributed by atoms with Crippen molar-refractivity contribution in [2.45, 2.75) is 6.54 Å². The van der Waals surface area contributed by atoms with E-state index in [-0.39, 0.29) is 0 Å². The number of anilines is 1. The van der Waals surface area contributed by atoms with Crippen molar-refractivity contribution in [3.05, 3.63) is 90.6 Å². The van der Waals surface area contributed by atoms with Crippen molar-refractivity contribution in [1.82, 2.24) is 29.3 Å². The zero-order chi connectivity index (χ0) is 24.5. The second kappa shape index (κ2) is 9.53. The lowest BCUT2D eigenvalue weighted by Gasteiger charge is -2.32. The van der Waals surface area contributed by atoms with E-state index in [4.69, 9.17) is 15.7 Å². The molecule has 6 rings (SSSR count). The molecule has 0 bridgehead atoms. The monoisotopic (exact) mass is 475 g/mol. The molecule has 1 aliphatic rings. The number of benzene rings is 2. The van der Waals surface area contributed by atoms with Gasteiger partial charge in [0.1, 0.15) is 11.3 Å². The van der Waals surface area contributed by atoms with Gasteiger partial charge in [-0.25, -0.2) is 15.0 Å². The van der Waals surface area contributed by atoms with Crippen molar-refractivity contribution < 1.29 is 0 Å². The molecule has 2 N–H and O–H groups in total. The minimum absolute atomic E-state index is 0.448. The van der Waals surface area contributed by atoms with Crippen LogP contribution in [-0.4, -0.2) is 62.5 Å². The maximum atomic E-state index is 6.29. The van der Waals surface area contributed by atoms with E-state index in [1.165, 1.54) is 5.56 Å². The molecule has 0 aliphatic carbocycles. The van der Waals surface area contributed by atoms with Crippen LogP contribution in [-0.2, 0) is 6.54 Å². The summed E-state index contributed by atoms with van der Waals surface area (Å²) in [4.78, 5) is 19.2. The third kappa shape index (κ3) is 4.34. The predicted molar refractivity (Wildman–Crippen MR) is 145 cm³/mol. The Balaban J connectivity index is 1.43. The summed E-state index contributed by atoms with van der Waals surface area (Å²) in [6, 6.07) is 26.8. The molecule has 36 heavy (non-hydrogen) atoms. The second-order valence-corrected chi connectivity index (χ2v) is 9.36. The number of hydrogen-bond acceptors (Lipinski definition) is 6. The van der Waals surface area contributed by atoms with Crippen LogP contribution in [0, 0.1) is 0 Å². The van der Waals surface area contributed by atoms with Crippen LogP contribution in [0.1, 0.15) is 5.56 Å². The number of piperazine rings is 1. The smallest absolute Gasteiger partial charge is 0.165 e. The first-order valence-corrected chi connectivity index (χ1v) is 12.3. The molecule has 1 fully saturated rings. The van der Waals surface area contributed by atoms with Gasteiger partial charge in [-0.05, 0) is 49.0 Å². The van der Waals surface area contributed by atoms with Gasteiger partial charge in [-0.2, -0.15) is 0 Å². The average molecular weight is 476 g/mol. The van der Waals surface area contributed by atoms with Crippen LogP contribution >= 0.6 is 0 Å². The Kier molecular flexibility index (Phi) is 5.93. The molecule has 5 aromatic rings. The zero-order valence-electron chi connectivity index (χ0n) is 20.4. The Hall–Kier alpha value is -4.07. The summed E-state index contributed by atoms with van der Waals surface area (Å²) < 4.78 is 2.09. The van der Waals surface area contributed by atoms with Gasteiger partial charge in [0.25, 0.3) is 0 Å². The lowest BCUT2D eigenvalue weighted by atomic mass is 10.1. The number of pyridine rings is 2. The highest BCUT2D eigenvalue weighted by Crippen LogP contribution is 2.31. The maximum Gasteiger partial charge on any atom is 0.165 e. The number of aromatic nitrogens is 4. The molecule has 0 amide bonds. The third-order valence-electron chi connectivity index (χ3n) is 6.85. The Morgan fingerprint density at radius 2 is 1.58 bits per heavy atom. The van der Waals surface area contributed by atoms with Crippen LogP contribution in [0.3, 0.4) is 0 Å². The highest BCUT2D eigenvalue weighted by molar-refractivity contribution is 5.84. The number of rotatable bonds is 5. The van der Waals surface area contributed by atoms with Crippen LogP contribution in [0.5, 0.6) is 0 Å². The molecule has 4 heterocycles. The number of imidazole rings is 1. The van der Waals surface area contributed by atoms with Crippen molar-refractivity contribution in [1.29, 1.82) is 0 Å². The highest BCUT2D eigenvalue weighted by atomic mass is 15.2. The molecule has 180 valence electrons. The topological polar surface area (TPSA) is 76.1 Å². The van der Waals surface area contributed by atoms with E-state index in [1.54, 1.807) is 6.20 Å². The maximum absolute atomic E-state index is 6.29. The Bertz CT molecular complexity index is 1480. The molecule has 0 saturated carbocycles. The highest BCUT2D eigenvalue weighted by Gasteiger charge is 2.19. The lowest BCUT2D eigenvalue weighted by Crippen LogP contribution is -2.43. The van der Waals surface area contributed by atoms with Crippen molar-refractivity contribution >= 4 is 17.0 Å². The summed E-state index contributed by atoms with van der Waals surface area (Å²) in [5, 5.41) is 0. The number of likely N-dealkylation sites (N-methyl/N-ethyl adjacent to an activating group) is 1. The van der Waals surface area contributed by atoms with Crippen LogP contribution in [0.4, 0.5) is 5.82 Å². The zero-order valence-corrected chi connectivity index (χ0v) is 20.4. The lowest BCUT2D eigenvalue weighted by molar-refractivity contribution is 0.148. The molecule has 1 saturated heterocycles. The van der Waals surface area contributed by atoms with E-state index in [1.807, 2.05) is 42.5 Å². The molecule has 2 aromatic carbocycles. The Morgan fingerprint density at radius 3 is 2.33 bits per heavy atom. The molecule has 0 unspecified atom stereocenters. The molecule has 0 radical (unpaired) electrons. The van der Waals surface area contributed by atoms with Gasteiger partial charge in [0.15, 0.2) is 11.5 Å². The Morgan fingerprint density at radius 1 is 0.806 bits per heavy atom. The Labute approximate surface area is 210 Å². The van der Waals surface area contributed by atoms with Crippen LogP contribution in [0.25, 0.3) is 39.5 Å². The quantitative estimate of drug-likeness (QED) is 0.404. The first kappa shape index (κ1) is 22.4. The number of hydrogen-bond donors (Lipinski definition) is 1. The fourth-order valence-corrected chi connectivity index (χ4v) is 4.77. The molecule has 7 nitrogen and oxygen atoms in total. The molecular weight excluding hydrogens is 446 g/mol. The fourth-order valence-electron chi connectivity index (χ4n) is 4.77. The number of nitrogens with two attached hydrogens (primary N) is 1. The summed E-state index contributed by atoms with van der Waals surface area (Å²) in [5.74, 6) is 1.18. The van der Waals surface area contributed by atoms with Gasteiger partial charge in [0, 0.05) is 50.2 Å². The standard InChI is InChI=1S/C29H29N7/c1-34-16-18-35(19-17-34)20-21-9-11-23(12-10-21)36-28(24-8-5-15-31-27(24)30)33-26-14-13-25(32-29(26)36)22-6-3-2-4-7-22/h2-15H,16-20H2,1H3,(H2,30,31). The van der Waals surface area contributed by atoms with Gasteiger partial charge in [0.2, 0.25) is 0 Å². The molecular formula is C29H29N7. The molecule has 3 aromatic heterocycles. The van der Waals surface area contributed by atoms with Gasteiger partial charge in [-0.3, -0.25) is 9.47 Å². The van der Waals surface area contributed by atoms with Crippen molar-refractivity contribution in [2.24, 2.45) is 0 Å². The van der Waals surface area contributed by atoms with E-state index in [2.05, 4.69) is 62.8 Å². The number of fused-ring (bicyclic) bond motifs is 1. The molecule has 1 aliphatic heterocycles. The van der Waals surface area contributed by atoms with Crippen LogP contribution in [0.2, 0.25) is 0 Å². The SMILES string of the molecule is CN1CCN(Cc2ccc(-n3c(-c4cccnc4N)nc4ccc(-c5ccccc5)nc43)cc2)CC1. The van der Waals surface area contributed by atoms with Gasteiger partial charge in [-0.15, -0.1) is 0 Å². The van der Waals surface area contributed by atoms with Gasteiger partial charge >= 0.3 is 0 Å². The predicted octanol–water partition coefficient (Wildman–Crippen LogP) is 4.48. The molecule has 7 heteroatoms. The fraction of sp³-hybridized carbons (Fsp3) is 0.207. The summed E-state index contributed by atoms with van der Waals surface area (Å²) in [6.07, 6.45) is 1.70. The van der Waals surface area contributed by atoms with Crippen LogP contribution in [0.15, 0.2) is 85.1 Å². The first-order valence-electron chi connectivity index (χ1n) is 12.3. The second-order valence-electron chi connectivity index (χ2n) is 9.36. The van der Waals surface area contributed by atoms with Crippen LogP contribution < -0.4 is 5.73 Å². The normalized spacial score (nSPS) is 14.9. The summed E-state index contributed by atoms with van der Waals surface area (Å²) >= 11 is 0. The van der Waals surface area contributed by atoms with Gasteiger partial charge in [0.05, 0.1) is 11.3 Å². The molecule has 0 spiro atoms. The largest absolute Gasteiger partial charge is 0.383 e. The van der Waals surface area contributed by atoms with E-state index in [0.717, 1.165) is 72.2 Å². The van der Waals surface area contributed by atoms with E-state index in [0.29, 0.717) is 5.82 Å².